The van der Waals surface area contributed by atoms with E-state index < -0.39 is 9.84 Å². The van der Waals surface area contributed by atoms with Crippen molar-refractivity contribution in [2.45, 2.75) is 31.6 Å². The molecule has 4 heteroatoms. The fraction of sp³-hybridized carbons (Fsp3) is 0.538. The van der Waals surface area contributed by atoms with Gasteiger partial charge in [0.25, 0.3) is 0 Å². The third-order valence-corrected chi connectivity index (χ3v) is 3.81. The van der Waals surface area contributed by atoms with Crippen LogP contribution >= 0.6 is 0 Å². The number of hydrogen-bond donors (Lipinski definition) is 1. The van der Waals surface area contributed by atoms with Gasteiger partial charge in [-0.2, -0.15) is 0 Å². The predicted octanol–water partition coefficient (Wildman–Crippen LogP) is 2.94. The first-order valence-electron chi connectivity index (χ1n) is 5.97. The molecule has 1 atom stereocenters. The summed E-state index contributed by atoms with van der Waals surface area (Å²) < 4.78 is 22.8. The minimum absolute atomic E-state index is 0.366. The van der Waals surface area contributed by atoms with Crippen LogP contribution in [0.4, 0.5) is 5.69 Å². The van der Waals surface area contributed by atoms with Crippen molar-refractivity contribution in [3.05, 3.63) is 24.3 Å². The predicted molar refractivity (Wildman–Crippen MR) is 72.1 cm³/mol. The first-order chi connectivity index (χ1) is 7.93. The maximum atomic E-state index is 11.4. The van der Waals surface area contributed by atoms with Gasteiger partial charge in [0.1, 0.15) is 0 Å². The summed E-state index contributed by atoms with van der Waals surface area (Å²) in [5, 5.41) is 3.28. The minimum Gasteiger partial charge on any atom is -0.385 e. The molecule has 1 aromatic carbocycles. The zero-order chi connectivity index (χ0) is 12.9. The van der Waals surface area contributed by atoms with Crippen molar-refractivity contribution in [2.24, 2.45) is 5.92 Å². The van der Waals surface area contributed by atoms with Gasteiger partial charge in [0.15, 0.2) is 9.84 Å². The average Bonchev–Trinajstić information content (AvgIpc) is 2.26. The highest BCUT2D eigenvalue weighted by Crippen LogP contribution is 2.16. The summed E-state index contributed by atoms with van der Waals surface area (Å²) in [5.74, 6) is 0.599. The molecule has 0 aliphatic rings. The lowest BCUT2D eigenvalue weighted by Gasteiger charge is -2.13. The largest absolute Gasteiger partial charge is 0.385 e. The van der Waals surface area contributed by atoms with Crippen LogP contribution in [0.25, 0.3) is 0 Å². The summed E-state index contributed by atoms with van der Waals surface area (Å²) >= 11 is 0. The molecule has 96 valence electrons. The van der Waals surface area contributed by atoms with Crippen molar-refractivity contribution >= 4 is 15.5 Å². The van der Waals surface area contributed by atoms with E-state index in [0.717, 1.165) is 12.2 Å². The quantitative estimate of drug-likeness (QED) is 0.850. The van der Waals surface area contributed by atoms with Gasteiger partial charge in [0.2, 0.25) is 0 Å². The van der Waals surface area contributed by atoms with E-state index >= 15 is 0 Å². The van der Waals surface area contributed by atoms with Crippen molar-refractivity contribution in [3.63, 3.8) is 0 Å². The minimum atomic E-state index is -3.11. The molecule has 0 aliphatic carbocycles. The fourth-order valence-corrected chi connectivity index (χ4v) is 2.39. The number of anilines is 1. The van der Waals surface area contributed by atoms with Crippen LogP contribution in [0.2, 0.25) is 0 Å². The molecule has 0 saturated carbocycles. The topological polar surface area (TPSA) is 46.2 Å². The van der Waals surface area contributed by atoms with Crippen molar-refractivity contribution < 1.29 is 8.42 Å². The molecule has 1 unspecified atom stereocenters. The zero-order valence-corrected chi connectivity index (χ0v) is 11.5. The molecule has 0 aromatic heterocycles. The Morgan fingerprint density at radius 2 is 2.06 bits per heavy atom. The number of nitrogens with one attached hydrogen (secondary N) is 1. The Balaban J connectivity index is 2.67. The van der Waals surface area contributed by atoms with Gasteiger partial charge in [-0.05, 0) is 30.5 Å². The van der Waals surface area contributed by atoms with Crippen molar-refractivity contribution in [1.82, 2.24) is 0 Å². The molecule has 3 nitrogen and oxygen atoms in total. The third kappa shape index (κ3) is 4.77. The van der Waals surface area contributed by atoms with Crippen LogP contribution < -0.4 is 5.32 Å². The van der Waals surface area contributed by atoms with Crippen LogP contribution in [0.1, 0.15) is 26.7 Å². The Hall–Kier alpha value is -1.03. The maximum absolute atomic E-state index is 11.4. The van der Waals surface area contributed by atoms with Gasteiger partial charge >= 0.3 is 0 Å². The summed E-state index contributed by atoms with van der Waals surface area (Å²) in [4.78, 5) is 0.366. The average molecular weight is 255 g/mol. The van der Waals surface area contributed by atoms with E-state index in [2.05, 4.69) is 19.2 Å². The lowest BCUT2D eigenvalue weighted by Crippen LogP contribution is -2.11. The summed E-state index contributed by atoms with van der Waals surface area (Å²) in [6.45, 7) is 5.23. The number of benzene rings is 1. The standard InChI is InChI=1S/C13H21NO2S/c1-4-6-11(2)10-14-12-7-5-8-13(9-12)17(3,15)16/h5,7-9,11,14H,4,6,10H2,1-3H3. The highest BCUT2D eigenvalue weighted by Gasteiger charge is 2.07. The molecule has 1 aromatic rings. The monoisotopic (exact) mass is 255 g/mol. The SMILES string of the molecule is CCCC(C)CNc1cccc(S(C)(=O)=O)c1. The summed E-state index contributed by atoms with van der Waals surface area (Å²) in [6, 6.07) is 6.97. The molecule has 0 amide bonds. The van der Waals surface area contributed by atoms with Gasteiger partial charge in [0, 0.05) is 18.5 Å². The van der Waals surface area contributed by atoms with Gasteiger partial charge in [0.05, 0.1) is 4.90 Å². The molecule has 0 saturated heterocycles. The lowest BCUT2D eigenvalue weighted by atomic mass is 10.1. The normalized spacial score (nSPS) is 13.4. The second-order valence-electron chi connectivity index (χ2n) is 4.57. The Labute approximate surface area is 104 Å². The Morgan fingerprint density at radius 3 is 2.65 bits per heavy atom. The van der Waals surface area contributed by atoms with Crippen LogP contribution in [0.5, 0.6) is 0 Å². The molecule has 0 aliphatic heterocycles. The van der Waals surface area contributed by atoms with E-state index in [1.54, 1.807) is 18.2 Å². The molecule has 0 spiro atoms. The maximum Gasteiger partial charge on any atom is 0.175 e. The molecule has 1 rings (SSSR count). The van der Waals surface area contributed by atoms with E-state index in [-0.39, 0.29) is 0 Å². The van der Waals surface area contributed by atoms with E-state index in [1.807, 2.05) is 6.07 Å². The molecule has 0 bridgehead atoms. The summed E-state index contributed by atoms with van der Waals surface area (Å²) in [6.07, 6.45) is 3.58. The molecular formula is C13H21NO2S. The van der Waals surface area contributed by atoms with Crippen LogP contribution in [-0.4, -0.2) is 21.2 Å². The highest BCUT2D eigenvalue weighted by molar-refractivity contribution is 7.90. The first kappa shape index (κ1) is 14.0. The number of hydrogen-bond acceptors (Lipinski definition) is 3. The summed E-state index contributed by atoms with van der Waals surface area (Å²) in [5.41, 5.74) is 0.871. The highest BCUT2D eigenvalue weighted by atomic mass is 32.2. The molecule has 0 heterocycles. The fourth-order valence-electron chi connectivity index (χ4n) is 1.72. The Kier molecular flexibility index (Phi) is 5.00. The van der Waals surface area contributed by atoms with E-state index in [4.69, 9.17) is 0 Å². The van der Waals surface area contributed by atoms with Gasteiger partial charge in [-0.15, -0.1) is 0 Å². The third-order valence-electron chi connectivity index (χ3n) is 2.70. The van der Waals surface area contributed by atoms with Crippen LogP contribution in [0.15, 0.2) is 29.2 Å². The van der Waals surface area contributed by atoms with Crippen LogP contribution in [0.3, 0.4) is 0 Å². The molecule has 17 heavy (non-hydrogen) atoms. The summed E-state index contributed by atoms with van der Waals surface area (Å²) in [7, 11) is -3.11. The van der Waals surface area contributed by atoms with Crippen molar-refractivity contribution in [3.8, 4) is 0 Å². The second kappa shape index (κ2) is 6.05. The molecular weight excluding hydrogens is 234 g/mol. The smallest absolute Gasteiger partial charge is 0.175 e. The van der Waals surface area contributed by atoms with Gasteiger partial charge in [-0.1, -0.05) is 26.3 Å². The molecule has 1 N–H and O–H groups in total. The first-order valence-corrected chi connectivity index (χ1v) is 7.86. The van der Waals surface area contributed by atoms with Gasteiger partial charge in [-0.3, -0.25) is 0 Å². The van der Waals surface area contributed by atoms with E-state index in [9.17, 15) is 8.42 Å². The molecule has 0 fully saturated rings. The van der Waals surface area contributed by atoms with E-state index in [1.165, 1.54) is 19.1 Å². The van der Waals surface area contributed by atoms with Crippen molar-refractivity contribution in [1.29, 1.82) is 0 Å². The Morgan fingerprint density at radius 1 is 1.35 bits per heavy atom. The van der Waals surface area contributed by atoms with Gasteiger partial charge < -0.3 is 5.32 Å². The van der Waals surface area contributed by atoms with E-state index in [0.29, 0.717) is 10.8 Å². The zero-order valence-electron chi connectivity index (χ0n) is 10.7. The number of rotatable bonds is 6. The van der Waals surface area contributed by atoms with Crippen LogP contribution in [0, 0.1) is 5.92 Å². The van der Waals surface area contributed by atoms with Crippen molar-refractivity contribution in [2.75, 3.05) is 18.1 Å². The van der Waals surface area contributed by atoms with Crippen LogP contribution in [-0.2, 0) is 9.84 Å². The second-order valence-corrected chi connectivity index (χ2v) is 6.59. The number of sulfone groups is 1. The Bertz CT molecular complexity index is 454. The molecule has 0 radical (unpaired) electrons. The van der Waals surface area contributed by atoms with Gasteiger partial charge in [-0.25, -0.2) is 8.42 Å². The lowest BCUT2D eigenvalue weighted by molar-refractivity contribution is 0.550.